The van der Waals surface area contributed by atoms with Crippen LogP contribution in [-0.2, 0) is 19.5 Å². The van der Waals surface area contributed by atoms with Crippen molar-refractivity contribution in [1.29, 1.82) is 0 Å². The van der Waals surface area contributed by atoms with Crippen molar-refractivity contribution in [2.45, 2.75) is 72.5 Å². The molecule has 0 spiro atoms. The summed E-state index contributed by atoms with van der Waals surface area (Å²) in [6.45, 7) is 10.6. The minimum Gasteiger partial charge on any atom is -0.327 e. The molecule has 1 aromatic heterocycles. The monoisotopic (exact) mass is 547 g/mol. The van der Waals surface area contributed by atoms with E-state index < -0.39 is 0 Å². The lowest BCUT2D eigenvalue weighted by Crippen LogP contribution is -2.33. The summed E-state index contributed by atoms with van der Waals surface area (Å²) in [5.41, 5.74) is 4.69. The van der Waals surface area contributed by atoms with Crippen LogP contribution in [0.4, 0.5) is 4.39 Å². The summed E-state index contributed by atoms with van der Waals surface area (Å²) in [4.78, 5) is 4.68. The van der Waals surface area contributed by atoms with E-state index in [9.17, 15) is 4.39 Å². The Morgan fingerprint density at radius 3 is 2.66 bits per heavy atom. The molecule has 1 atom stereocenters. The molecule has 3 rings (SSSR count). The molecule has 0 aliphatic rings. The van der Waals surface area contributed by atoms with Gasteiger partial charge >= 0.3 is 0 Å². The Balaban J connectivity index is 1.79. The van der Waals surface area contributed by atoms with Crippen molar-refractivity contribution in [3.05, 3.63) is 74.9 Å². The van der Waals surface area contributed by atoms with Gasteiger partial charge in [-0.05, 0) is 84.0 Å². The largest absolute Gasteiger partial charge is 0.327 e. The summed E-state index contributed by atoms with van der Waals surface area (Å²) < 4.78 is 17.4. The number of hydrogen-bond donors (Lipinski definition) is 1. The van der Waals surface area contributed by atoms with Crippen molar-refractivity contribution >= 4 is 22.6 Å². The molecule has 0 aliphatic carbocycles. The van der Waals surface area contributed by atoms with Gasteiger partial charge in [-0.1, -0.05) is 51.5 Å². The average molecular weight is 548 g/mol. The molecule has 0 radical (unpaired) electrons. The van der Waals surface area contributed by atoms with Crippen molar-refractivity contribution in [2.75, 3.05) is 0 Å². The summed E-state index contributed by atoms with van der Waals surface area (Å²) in [5.74, 6) is 1.24. The number of aryl methyl sites for hydroxylation is 1. The number of halogens is 2. The second kappa shape index (κ2) is 11.9. The van der Waals surface area contributed by atoms with Gasteiger partial charge in [0.25, 0.3) is 0 Å². The van der Waals surface area contributed by atoms with Crippen molar-refractivity contribution in [3.8, 4) is 11.4 Å². The van der Waals surface area contributed by atoms with Crippen molar-refractivity contribution in [1.82, 2.24) is 14.9 Å². The fourth-order valence-electron chi connectivity index (χ4n) is 4.08. The molecule has 0 fully saturated rings. The third kappa shape index (κ3) is 6.88. The van der Waals surface area contributed by atoms with Gasteiger partial charge in [0.2, 0.25) is 0 Å². The average Bonchev–Trinajstić information content (AvgIpc) is 3.15. The number of nitrogens with one attached hydrogen (secondary N) is 1. The molecular weight excluding hydrogens is 512 g/mol. The number of aromatic nitrogens is 2. The van der Waals surface area contributed by atoms with Gasteiger partial charge in [0, 0.05) is 28.3 Å². The second-order valence-corrected chi connectivity index (χ2v) is 10.2. The fourth-order valence-corrected chi connectivity index (χ4v) is 4.66. The SMILES string of the molecule is CCCCn1c(CNC(Cc2ccc(C)c(I)c2)CC(C)C)cnc1-c1cccc(F)c1. The number of nitrogens with zero attached hydrogens (tertiary/aromatic N) is 2. The van der Waals surface area contributed by atoms with Gasteiger partial charge in [-0.3, -0.25) is 0 Å². The summed E-state index contributed by atoms with van der Waals surface area (Å²) >= 11 is 2.42. The van der Waals surface area contributed by atoms with E-state index >= 15 is 0 Å². The van der Waals surface area contributed by atoms with E-state index in [1.165, 1.54) is 20.8 Å². The van der Waals surface area contributed by atoms with Crippen LogP contribution in [0.25, 0.3) is 11.4 Å². The van der Waals surface area contributed by atoms with Gasteiger partial charge in [-0.15, -0.1) is 0 Å². The lowest BCUT2D eigenvalue weighted by Gasteiger charge is -2.22. The van der Waals surface area contributed by atoms with E-state index in [1.54, 1.807) is 12.1 Å². The number of imidazole rings is 1. The second-order valence-electron chi connectivity index (χ2n) is 9.08. The van der Waals surface area contributed by atoms with Crippen LogP contribution in [0.3, 0.4) is 0 Å². The van der Waals surface area contributed by atoms with Crippen molar-refractivity contribution in [2.24, 2.45) is 5.92 Å². The molecule has 0 aliphatic heterocycles. The predicted molar refractivity (Wildman–Crippen MR) is 140 cm³/mol. The van der Waals surface area contributed by atoms with E-state index in [1.807, 2.05) is 12.3 Å². The van der Waals surface area contributed by atoms with Gasteiger partial charge in [0.15, 0.2) is 0 Å². The van der Waals surface area contributed by atoms with Crippen LogP contribution in [-0.4, -0.2) is 15.6 Å². The molecule has 2 aromatic carbocycles. The zero-order valence-electron chi connectivity index (χ0n) is 19.7. The molecule has 0 amide bonds. The molecule has 1 heterocycles. The Bertz CT molecular complexity index is 1010. The molecule has 3 aromatic rings. The highest BCUT2D eigenvalue weighted by atomic mass is 127. The minimum absolute atomic E-state index is 0.225. The zero-order valence-corrected chi connectivity index (χ0v) is 21.8. The first kappa shape index (κ1) is 24.9. The molecule has 1 N–H and O–H groups in total. The highest BCUT2D eigenvalue weighted by molar-refractivity contribution is 14.1. The maximum atomic E-state index is 13.8. The first-order valence-corrected chi connectivity index (χ1v) is 12.7. The highest BCUT2D eigenvalue weighted by Gasteiger charge is 2.16. The molecule has 172 valence electrons. The van der Waals surface area contributed by atoms with Crippen LogP contribution in [0.2, 0.25) is 0 Å². The van der Waals surface area contributed by atoms with Crippen LogP contribution in [0.15, 0.2) is 48.7 Å². The minimum atomic E-state index is -0.225. The standard InChI is InChI=1S/C27H35FIN3/c1-5-6-12-32-25(18-31-27(32)22-8-7-9-23(28)16-22)17-30-24(13-19(2)3)14-21-11-10-20(4)26(29)15-21/h7-11,15-16,18-19,24,30H,5-6,12-14,17H2,1-4H3. The van der Waals surface area contributed by atoms with Crippen LogP contribution in [0, 0.1) is 22.2 Å². The number of unbranched alkanes of at least 4 members (excludes halogenated alkanes) is 1. The Morgan fingerprint density at radius 1 is 1.16 bits per heavy atom. The molecule has 0 saturated carbocycles. The third-order valence-corrected chi connectivity index (χ3v) is 6.96. The lowest BCUT2D eigenvalue weighted by molar-refractivity contribution is 0.408. The molecule has 32 heavy (non-hydrogen) atoms. The molecule has 1 unspecified atom stereocenters. The number of rotatable bonds is 11. The van der Waals surface area contributed by atoms with Crippen LogP contribution in [0.1, 0.15) is 56.9 Å². The van der Waals surface area contributed by atoms with Crippen LogP contribution in [0.5, 0.6) is 0 Å². The van der Waals surface area contributed by atoms with Crippen LogP contribution < -0.4 is 5.32 Å². The third-order valence-electron chi connectivity index (χ3n) is 5.80. The smallest absolute Gasteiger partial charge is 0.140 e. The van der Waals surface area contributed by atoms with Crippen molar-refractivity contribution in [3.63, 3.8) is 0 Å². The summed E-state index contributed by atoms with van der Waals surface area (Å²) in [6.07, 6.45) is 6.25. The van der Waals surface area contributed by atoms with E-state index in [-0.39, 0.29) is 5.82 Å². The Morgan fingerprint density at radius 2 is 1.97 bits per heavy atom. The quantitative estimate of drug-likeness (QED) is 0.259. The molecule has 5 heteroatoms. The molecule has 0 bridgehead atoms. The number of hydrogen-bond acceptors (Lipinski definition) is 2. The Kier molecular flexibility index (Phi) is 9.29. The maximum Gasteiger partial charge on any atom is 0.140 e. The summed E-state index contributed by atoms with van der Waals surface area (Å²) in [5, 5.41) is 3.81. The van der Waals surface area contributed by atoms with Gasteiger partial charge < -0.3 is 9.88 Å². The number of benzene rings is 2. The van der Waals surface area contributed by atoms with Gasteiger partial charge in [-0.2, -0.15) is 0 Å². The zero-order chi connectivity index (χ0) is 23.1. The summed E-state index contributed by atoms with van der Waals surface area (Å²) in [7, 11) is 0. The fraction of sp³-hybridized carbons (Fsp3) is 0.444. The van der Waals surface area contributed by atoms with E-state index in [4.69, 9.17) is 0 Å². The van der Waals surface area contributed by atoms with E-state index in [2.05, 4.69) is 83.4 Å². The van der Waals surface area contributed by atoms with Gasteiger partial charge in [0.05, 0.1) is 11.9 Å². The lowest BCUT2D eigenvalue weighted by atomic mass is 9.96. The molecule has 3 nitrogen and oxygen atoms in total. The first-order chi connectivity index (χ1) is 15.4. The van der Waals surface area contributed by atoms with Gasteiger partial charge in [-0.25, -0.2) is 9.37 Å². The molecular formula is C27H35FIN3. The Labute approximate surface area is 206 Å². The Hall–Kier alpha value is -1.73. The van der Waals surface area contributed by atoms with E-state index in [0.717, 1.165) is 55.9 Å². The van der Waals surface area contributed by atoms with E-state index in [0.29, 0.717) is 12.0 Å². The summed E-state index contributed by atoms with van der Waals surface area (Å²) in [6, 6.07) is 13.9. The topological polar surface area (TPSA) is 29.9 Å². The highest BCUT2D eigenvalue weighted by Crippen LogP contribution is 2.22. The van der Waals surface area contributed by atoms with Gasteiger partial charge in [0.1, 0.15) is 11.6 Å². The predicted octanol–water partition coefficient (Wildman–Crippen LogP) is 7.15. The van der Waals surface area contributed by atoms with Crippen molar-refractivity contribution < 1.29 is 4.39 Å². The maximum absolute atomic E-state index is 13.8. The first-order valence-electron chi connectivity index (χ1n) is 11.7. The molecule has 0 saturated heterocycles. The van der Waals surface area contributed by atoms with Crippen LogP contribution >= 0.6 is 22.6 Å². The normalized spacial score (nSPS) is 12.5.